The minimum Gasteiger partial charge on any atom is -0.391 e. The third-order valence-electron chi connectivity index (χ3n) is 13.2. The zero-order valence-corrected chi connectivity index (χ0v) is 43.9. The van der Waals surface area contributed by atoms with Gasteiger partial charge in [-0.2, -0.15) is 0 Å². The highest BCUT2D eigenvalue weighted by molar-refractivity contribution is 5.98. The van der Waals surface area contributed by atoms with Gasteiger partial charge in [-0.05, 0) is 75.2 Å². The van der Waals surface area contributed by atoms with Gasteiger partial charge in [-0.1, -0.05) is 71.9 Å². The molecule has 0 spiro atoms. The van der Waals surface area contributed by atoms with E-state index >= 15 is 0 Å². The van der Waals surface area contributed by atoms with Crippen molar-refractivity contribution < 1.29 is 48.3 Å². The van der Waals surface area contributed by atoms with Gasteiger partial charge in [-0.3, -0.25) is 43.2 Å². The van der Waals surface area contributed by atoms with Gasteiger partial charge in [0.25, 0.3) is 0 Å². The molecule has 0 saturated carbocycles. The van der Waals surface area contributed by atoms with Gasteiger partial charge in [-0.15, -0.1) is 0 Å². The molecule has 0 unspecified atom stereocenters. The Morgan fingerprint density at radius 2 is 1.13 bits per heavy atom. The number of likely N-dealkylation sites (tertiary alicyclic amines) is 1. The molecule has 9 amide bonds. The number of hydrogen-bond donors (Lipinski definition) is 4. The van der Waals surface area contributed by atoms with Gasteiger partial charge in [0, 0.05) is 67.7 Å². The third kappa shape index (κ3) is 17.4. The summed E-state index contributed by atoms with van der Waals surface area (Å²) in [5.41, 5.74) is 0.680. The fourth-order valence-electron chi connectivity index (χ4n) is 8.87. The Morgan fingerprint density at radius 1 is 0.586 bits per heavy atom. The number of hydrogen-bond acceptors (Lipinski definition) is 10. The van der Waals surface area contributed by atoms with Crippen molar-refractivity contribution in [2.24, 2.45) is 17.8 Å². The van der Waals surface area contributed by atoms with Gasteiger partial charge in [0.1, 0.15) is 36.3 Å². The summed E-state index contributed by atoms with van der Waals surface area (Å²) >= 11 is 0. The van der Waals surface area contributed by atoms with E-state index in [1.54, 1.807) is 42.3 Å². The van der Waals surface area contributed by atoms with E-state index in [1.165, 1.54) is 54.7 Å². The zero-order chi connectivity index (χ0) is 52.6. The lowest BCUT2D eigenvalue weighted by atomic mass is 9.97. The van der Waals surface area contributed by atoms with Crippen LogP contribution in [0.1, 0.15) is 112 Å². The molecule has 0 aliphatic carbocycles. The van der Waals surface area contributed by atoms with E-state index in [9.17, 15) is 48.3 Å². The van der Waals surface area contributed by atoms with E-state index in [-0.39, 0.29) is 75.8 Å². The topological polar surface area (TPSA) is 229 Å². The summed E-state index contributed by atoms with van der Waals surface area (Å²) in [6.07, 6.45) is 1.31. The minimum absolute atomic E-state index is 0.0130. The summed E-state index contributed by atoms with van der Waals surface area (Å²) in [5, 5.41) is 19.5. The first-order chi connectivity index (χ1) is 32.8. The highest BCUT2D eigenvalue weighted by Gasteiger charge is 2.41. The predicted molar refractivity (Wildman–Crippen MR) is 265 cm³/mol. The number of aliphatic hydroxyl groups is 1. The second-order valence-corrected chi connectivity index (χ2v) is 20.6. The normalized spacial score (nSPS) is 25.1. The summed E-state index contributed by atoms with van der Waals surface area (Å²) < 4.78 is 0. The Balaban J connectivity index is 2.18. The van der Waals surface area contributed by atoms with Crippen LogP contribution in [0.3, 0.4) is 0 Å². The van der Waals surface area contributed by atoms with Crippen molar-refractivity contribution in [3.63, 3.8) is 0 Å². The average Bonchev–Trinajstić information content (AvgIpc) is 3.31. The summed E-state index contributed by atoms with van der Waals surface area (Å²) in [4.78, 5) is 136. The molecule has 1 aromatic carbocycles. The van der Waals surface area contributed by atoms with Gasteiger partial charge in [0.05, 0.1) is 19.1 Å². The number of carbonyl (C=O) groups excluding carboxylic acids is 9. The molecule has 7 atom stereocenters. The van der Waals surface area contributed by atoms with Crippen molar-refractivity contribution >= 4 is 53.2 Å². The van der Waals surface area contributed by atoms with Crippen molar-refractivity contribution in [3.05, 3.63) is 35.9 Å². The first-order valence-corrected chi connectivity index (χ1v) is 25.0. The van der Waals surface area contributed by atoms with E-state index in [2.05, 4.69) is 16.0 Å². The molecule has 2 heterocycles. The number of likely N-dealkylation sites (N-methyl/N-ethyl adjacent to an activating group) is 4. The zero-order valence-electron chi connectivity index (χ0n) is 43.9. The van der Waals surface area contributed by atoms with Gasteiger partial charge >= 0.3 is 0 Å². The number of rotatable bonds is 10. The summed E-state index contributed by atoms with van der Waals surface area (Å²) in [6.45, 7) is 13.2. The van der Waals surface area contributed by atoms with Crippen LogP contribution in [0, 0.1) is 17.8 Å². The van der Waals surface area contributed by atoms with Gasteiger partial charge < -0.3 is 50.5 Å². The number of carbonyl (C=O) groups is 9. The van der Waals surface area contributed by atoms with Crippen LogP contribution in [0.25, 0.3) is 0 Å². The lowest BCUT2D eigenvalue weighted by Gasteiger charge is -2.37. The van der Waals surface area contributed by atoms with Crippen molar-refractivity contribution in [3.8, 4) is 0 Å². The molecule has 3 rings (SSSR count). The van der Waals surface area contributed by atoms with Crippen molar-refractivity contribution in [2.45, 2.75) is 155 Å². The molecule has 4 N–H and O–H groups in total. The quantitative estimate of drug-likeness (QED) is 0.266. The third-order valence-corrected chi connectivity index (χ3v) is 13.2. The fraction of sp³-hybridized carbons (Fsp3) is 0.706. The second kappa shape index (κ2) is 27.7. The van der Waals surface area contributed by atoms with Crippen LogP contribution in [-0.2, 0) is 49.6 Å². The fourth-order valence-corrected chi connectivity index (χ4v) is 8.87. The van der Waals surface area contributed by atoms with Crippen LogP contribution in [0.15, 0.2) is 30.3 Å². The number of nitrogens with one attached hydrogen (secondary N) is 3. The number of nitrogens with zero attached hydrogens (tertiary/aromatic N) is 6. The first kappa shape index (κ1) is 58.7. The molecule has 0 bridgehead atoms. The Kier molecular flexibility index (Phi) is 23.2. The molecule has 70 heavy (non-hydrogen) atoms. The Labute approximate surface area is 415 Å². The molecule has 2 fully saturated rings. The van der Waals surface area contributed by atoms with Crippen LogP contribution in [0.5, 0.6) is 0 Å². The number of piperidine rings is 1. The number of amides is 9. The molecule has 1 aromatic rings. The van der Waals surface area contributed by atoms with Crippen LogP contribution in [0.2, 0.25) is 0 Å². The maximum Gasteiger partial charge on any atom is 0.248 e. The van der Waals surface area contributed by atoms with Gasteiger partial charge in [-0.25, -0.2) is 0 Å². The molecular formula is C51H83N9O10. The Bertz CT molecular complexity index is 1960. The SMILES string of the molecule is CC(C)C[C@@H]1NC(=O)[C@H](CC(C)C)N(C)C(=O)[C@H](Cc2ccccc2)N(C)C(=O)[C@H]([C@@H](C)O)NC(=O)[C@H](CC(C)C)N(C)C(=O)CN(C)C(=O)CCCN(C)C(=O)C[C@@H](C(=O)N2CCCCC2)NC1=O. The van der Waals surface area contributed by atoms with E-state index in [0.717, 1.165) is 24.2 Å². The smallest absolute Gasteiger partial charge is 0.248 e. The molecule has 0 radical (unpaired) electrons. The highest BCUT2D eigenvalue weighted by Crippen LogP contribution is 2.21. The van der Waals surface area contributed by atoms with Crippen molar-refractivity contribution in [1.29, 1.82) is 0 Å². The van der Waals surface area contributed by atoms with Gasteiger partial charge in [0.2, 0.25) is 53.2 Å². The molecule has 2 saturated heterocycles. The Hall–Kier alpha value is -5.59. The Morgan fingerprint density at radius 3 is 1.69 bits per heavy atom. The van der Waals surface area contributed by atoms with Crippen LogP contribution in [-0.4, -0.2) is 191 Å². The molecule has 392 valence electrons. The van der Waals surface area contributed by atoms with Crippen molar-refractivity contribution in [2.75, 3.05) is 61.4 Å². The van der Waals surface area contributed by atoms with Gasteiger partial charge in [0.15, 0.2) is 0 Å². The van der Waals surface area contributed by atoms with Crippen LogP contribution >= 0.6 is 0 Å². The van der Waals surface area contributed by atoms with Crippen LogP contribution in [0.4, 0.5) is 0 Å². The predicted octanol–water partition coefficient (Wildman–Crippen LogP) is 1.80. The highest BCUT2D eigenvalue weighted by atomic mass is 16.3. The lowest BCUT2D eigenvalue weighted by molar-refractivity contribution is -0.151. The largest absolute Gasteiger partial charge is 0.391 e. The maximum atomic E-state index is 15.0. The summed E-state index contributed by atoms with van der Waals surface area (Å²) in [7, 11) is 7.28. The van der Waals surface area contributed by atoms with Crippen molar-refractivity contribution in [1.82, 2.24) is 45.3 Å². The van der Waals surface area contributed by atoms with Crippen LogP contribution < -0.4 is 16.0 Å². The number of aliphatic hydroxyl groups excluding tert-OH is 1. The molecule has 0 aromatic heterocycles. The minimum atomic E-state index is -1.57. The lowest BCUT2D eigenvalue weighted by Crippen LogP contribution is -2.62. The van der Waals surface area contributed by atoms with E-state index in [1.807, 2.05) is 41.5 Å². The maximum absolute atomic E-state index is 15.0. The second-order valence-electron chi connectivity index (χ2n) is 20.6. The van der Waals surface area contributed by atoms with E-state index in [4.69, 9.17) is 0 Å². The summed E-state index contributed by atoms with van der Waals surface area (Å²) in [6, 6.07) is 1.39. The molecule has 19 nitrogen and oxygen atoms in total. The first-order valence-electron chi connectivity index (χ1n) is 25.0. The molecule has 2 aliphatic heterocycles. The van der Waals surface area contributed by atoms with E-state index < -0.39 is 95.5 Å². The molecular weight excluding hydrogens is 899 g/mol. The standard InChI is InChI=1S/C51H83N9O10/c1-32(2)26-37-46(65)53-38(49(68)60-24-17-14-18-25-60)30-43(63)55(8)23-19-22-42(62)56(9)31-44(64)57(10)39(27-33(3)4)48(67)54-45(35(7)61)51(70)59(12)41(29-36-20-15-13-16-21-36)50(69)58(11)40(28-34(5)6)47(66)52-37/h13,15-16,20-21,32-35,37-41,45,61H,14,17-19,22-31H2,1-12H3,(H,52,66)(H,53,65)(H,54,67)/t35-,37+,38+,39+,40+,41+,45+/m1/s1. The molecule has 19 heteroatoms. The summed E-state index contributed by atoms with van der Waals surface area (Å²) in [5.74, 6) is -5.66. The average molecular weight is 982 g/mol. The monoisotopic (exact) mass is 982 g/mol. The van der Waals surface area contributed by atoms with E-state index in [0.29, 0.717) is 18.7 Å². The number of benzene rings is 1. The molecule has 2 aliphatic rings.